The van der Waals surface area contributed by atoms with Crippen LogP contribution in [0.5, 0.6) is 0 Å². The normalized spacial score (nSPS) is 14.3. The average molecular weight is 206 g/mol. The first-order valence-corrected chi connectivity index (χ1v) is 4.86. The molecule has 0 bridgehead atoms. The summed E-state index contributed by atoms with van der Waals surface area (Å²) < 4.78 is 13.0. The molecule has 0 saturated carbocycles. The molecule has 1 aromatic carbocycles. The number of aryl methyl sites for hydroxylation is 1. The van der Waals surface area contributed by atoms with Gasteiger partial charge in [0.2, 0.25) is 0 Å². The number of halogens is 1. The van der Waals surface area contributed by atoms with Gasteiger partial charge in [-0.05, 0) is 41.7 Å². The lowest BCUT2D eigenvalue weighted by atomic mass is 9.89. The Bertz CT molecular complexity index is 435. The fraction of sp³-hybridized carbons (Fsp3) is 0.250. The van der Waals surface area contributed by atoms with E-state index in [1.54, 1.807) is 6.07 Å². The number of fused-ring (bicyclic) bond motifs is 1. The van der Waals surface area contributed by atoms with E-state index >= 15 is 0 Å². The average Bonchev–Trinajstić information content (AvgIpc) is 2.18. The topological polar surface area (TPSA) is 37.3 Å². The van der Waals surface area contributed by atoms with Gasteiger partial charge in [0.15, 0.2) is 0 Å². The number of benzene rings is 1. The summed E-state index contributed by atoms with van der Waals surface area (Å²) in [7, 11) is 0. The largest absolute Gasteiger partial charge is 0.481 e. The molecule has 0 saturated heterocycles. The molecule has 1 aliphatic carbocycles. The van der Waals surface area contributed by atoms with Gasteiger partial charge in [-0.3, -0.25) is 4.79 Å². The summed E-state index contributed by atoms with van der Waals surface area (Å²) in [5, 5.41) is 8.73. The molecule has 0 spiro atoms. The second-order valence-electron chi connectivity index (χ2n) is 3.64. The van der Waals surface area contributed by atoms with E-state index < -0.39 is 5.97 Å². The Hall–Kier alpha value is -1.64. The molecule has 0 fully saturated rings. The van der Waals surface area contributed by atoms with Crippen LogP contribution in [0.25, 0.3) is 5.57 Å². The van der Waals surface area contributed by atoms with E-state index in [4.69, 9.17) is 5.11 Å². The molecule has 2 rings (SSSR count). The van der Waals surface area contributed by atoms with Gasteiger partial charge in [-0.2, -0.15) is 0 Å². The summed E-state index contributed by atoms with van der Waals surface area (Å²) in [5.74, 6) is -1.19. The Labute approximate surface area is 87.0 Å². The lowest BCUT2D eigenvalue weighted by Crippen LogP contribution is -2.04. The molecule has 0 unspecified atom stereocenters. The van der Waals surface area contributed by atoms with Gasteiger partial charge < -0.3 is 5.11 Å². The van der Waals surface area contributed by atoms with E-state index in [1.165, 1.54) is 12.1 Å². The number of carboxylic acid groups (broad SMARTS) is 1. The van der Waals surface area contributed by atoms with Gasteiger partial charge in [-0.1, -0.05) is 12.1 Å². The molecule has 0 atom stereocenters. The van der Waals surface area contributed by atoms with Crippen molar-refractivity contribution < 1.29 is 14.3 Å². The summed E-state index contributed by atoms with van der Waals surface area (Å²) >= 11 is 0. The number of carboxylic acids is 1. The van der Waals surface area contributed by atoms with E-state index in [0.29, 0.717) is 0 Å². The minimum atomic E-state index is -0.877. The molecule has 0 aliphatic heterocycles. The smallest absolute Gasteiger partial charge is 0.307 e. The highest BCUT2D eigenvalue weighted by atomic mass is 19.1. The minimum Gasteiger partial charge on any atom is -0.481 e. The predicted molar refractivity (Wildman–Crippen MR) is 55.0 cm³/mol. The molecule has 1 N–H and O–H groups in total. The molecular formula is C12H11FO2. The molecule has 0 radical (unpaired) electrons. The molecule has 1 aromatic rings. The Morgan fingerprint density at radius 2 is 2.27 bits per heavy atom. The number of aliphatic carboxylic acids is 1. The van der Waals surface area contributed by atoms with E-state index in [2.05, 4.69) is 0 Å². The standard InChI is InChI=1S/C12H11FO2/c13-10-5-4-8-2-1-3-9(6-12(14)15)11(8)7-10/h3-5,7H,1-2,6H2,(H,14,15). The molecule has 78 valence electrons. The maximum atomic E-state index is 13.0. The monoisotopic (exact) mass is 206 g/mol. The van der Waals surface area contributed by atoms with E-state index in [9.17, 15) is 9.18 Å². The van der Waals surface area contributed by atoms with Crippen molar-refractivity contribution >= 4 is 11.5 Å². The summed E-state index contributed by atoms with van der Waals surface area (Å²) in [5.41, 5.74) is 2.52. The van der Waals surface area contributed by atoms with Gasteiger partial charge in [-0.15, -0.1) is 0 Å². The van der Waals surface area contributed by atoms with Crippen LogP contribution in [0.15, 0.2) is 24.3 Å². The van der Waals surface area contributed by atoms with Crippen LogP contribution < -0.4 is 0 Å². The van der Waals surface area contributed by atoms with Crippen LogP contribution in [0, 0.1) is 5.82 Å². The molecule has 0 heterocycles. The first-order chi connectivity index (χ1) is 7.16. The summed E-state index contributed by atoms with van der Waals surface area (Å²) in [6.07, 6.45) is 3.55. The quantitative estimate of drug-likeness (QED) is 0.807. The molecule has 1 aliphatic rings. The molecule has 15 heavy (non-hydrogen) atoms. The first kappa shape index (κ1) is 9.90. The highest BCUT2D eigenvalue weighted by Gasteiger charge is 2.15. The first-order valence-electron chi connectivity index (χ1n) is 4.86. The number of hydrogen-bond acceptors (Lipinski definition) is 1. The number of hydrogen-bond donors (Lipinski definition) is 1. The maximum absolute atomic E-state index is 13.0. The zero-order chi connectivity index (χ0) is 10.8. The van der Waals surface area contributed by atoms with Crippen LogP contribution in [0.1, 0.15) is 24.0 Å². The Morgan fingerprint density at radius 1 is 1.47 bits per heavy atom. The van der Waals surface area contributed by atoms with E-state index in [1.807, 2.05) is 6.08 Å². The second kappa shape index (κ2) is 3.85. The fourth-order valence-electron chi connectivity index (χ4n) is 1.91. The van der Waals surface area contributed by atoms with Crippen molar-refractivity contribution in [2.75, 3.05) is 0 Å². The molecule has 2 nitrogen and oxygen atoms in total. The van der Waals surface area contributed by atoms with Crippen molar-refractivity contribution in [2.45, 2.75) is 19.3 Å². The zero-order valence-corrected chi connectivity index (χ0v) is 8.16. The summed E-state index contributed by atoms with van der Waals surface area (Å²) in [6, 6.07) is 4.57. The molecular weight excluding hydrogens is 195 g/mol. The molecule has 3 heteroatoms. The number of carbonyl (C=O) groups is 1. The minimum absolute atomic E-state index is 0.0313. The third-order valence-corrected chi connectivity index (χ3v) is 2.56. The maximum Gasteiger partial charge on any atom is 0.307 e. The highest BCUT2D eigenvalue weighted by Crippen LogP contribution is 2.29. The lowest BCUT2D eigenvalue weighted by Gasteiger charge is -2.16. The van der Waals surface area contributed by atoms with Crippen LogP contribution in [-0.2, 0) is 11.2 Å². The van der Waals surface area contributed by atoms with Crippen molar-refractivity contribution in [3.8, 4) is 0 Å². The zero-order valence-electron chi connectivity index (χ0n) is 8.16. The van der Waals surface area contributed by atoms with Crippen LogP contribution in [-0.4, -0.2) is 11.1 Å². The predicted octanol–water partition coefficient (Wildman–Crippen LogP) is 2.63. The Kier molecular flexibility index (Phi) is 2.54. The number of rotatable bonds is 2. The SMILES string of the molecule is O=C(O)CC1=CCCc2ccc(F)cc21. The second-order valence-corrected chi connectivity index (χ2v) is 3.64. The van der Waals surface area contributed by atoms with Crippen molar-refractivity contribution in [3.05, 3.63) is 41.2 Å². The van der Waals surface area contributed by atoms with E-state index in [-0.39, 0.29) is 12.2 Å². The van der Waals surface area contributed by atoms with Crippen LogP contribution in [0.3, 0.4) is 0 Å². The van der Waals surface area contributed by atoms with Gasteiger partial charge in [0.1, 0.15) is 5.82 Å². The van der Waals surface area contributed by atoms with E-state index in [0.717, 1.165) is 29.5 Å². The van der Waals surface area contributed by atoms with Crippen molar-refractivity contribution in [1.82, 2.24) is 0 Å². The highest BCUT2D eigenvalue weighted by molar-refractivity contribution is 5.85. The van der Waals surface area contributed by atoms with Gasteiger partial charge in [0, 0.05) is 0 Å². The van der Waals surface area contributed by atoms with Crippen molar-refractivity contribution in [1.29, 1.82) is 0 Å². The van der Waals surface area contributed by atoms with Crippen molar-refractivity contribution in [2.24, 2.45) is 0 Å². The number of allylic oxidation sites excluding steroid dienone is 1. The lowest BCUT2D eigenvalue weighted by molar-refractivity contribution is -0.135. The molecule has 0 amide bonds. The van der Waals surface area contributed by atoms with Crippen LogP contribution in [0.2, 0.25) is 0 Å². The van der Waals surface area contributed by atoms with Gasteiger partial charge in [-0.25, -0.2) is 4.39 Å². The third kappa shape index (κ3) is 2.06. The third-order valence-electron chi connectivity index (χ3n) is 2.56. The molecule has 0 aromatic heterocycles. The Morgan fingerprint density at radius 3 is 3.00 bits per heavy atom. The van der Waals surface area contributed by atoms with Crippen LogP contribution in [0.4, 0.5) is 4.39 Å². The van der Waals surface area contributed by atoms with Gasteiger partial charge in [0.05, 0.1) is 6.42 Å². The van der Waals surface area contributed by atoms with Gasteiger partial charge in [0.25, 0.3) is 0 Å². The fourth-order valence-corrected chi connectivity index (χ4v) is 1.91. The van der Waals surface area contributed by atoms with Crippen molar-refractivity contribution in [3.63, 3.8) is 0 Å². The van der Waals surface area contributed by atoms with Crippen LogP contribution >= 0.6 is 0 Å². The Balaban J connectivity index is 2.40. The summed E-state index contributed by atoms with van der Waals surface area (Å²) in [4.78, 5) is 10.6. The van der Waals surface area contributed by atoms with Gasteiger partial charge >= 0.3 is 5.97 Å². The summed E-state index contributed by atoms with van der Waals surface area (Å²) in [6.45, 7) is 0.